The zero-order valence-corrected chi connectivity index (χ0v) is 15.9. The summed E-state index contributed by atoms with van der Waals surface area (Å²) in [6.07, 6.45) is 0. The number of hydrogen-bond donors (Lipinski definition) is 2. The van der Waals surface area contributed by atoms with Crippen molar-refractivity contribution < 1.29 is 5.11 Å². The summed E-state index contributed by atoms with van der Waals surface area (Å²) in [4.78, 5) is 3.15. The van der Waals surface area contributed by atoms with Crippen LogP contribution in [-0.4, -0.2) is 10.1 Å². The van der Waals surface area contributed by atoms with Gasteiger partial charge in [-0.2, -0.15) is 0 Å². The number of aromatic amines is 1. The lowest BCUT2D eigenvalue weighted by Gasteiger charge is -2.06. The zero-order chi connectivity index (χ0) is 12.7. The van der Waals surface area contributed by atoms with Gasteiger partial charge in [0.15, 0.2) is 0 Å². The van der Waals surface area contributed by atoms with Crippen LogP contribution in [0.4, 0.5) is 0 Å². The molecule has 0 aliphatic carbocycles. The molecule has 2 aromatic rings. The Hall–Kier alpha value is 0.700. The highest BCUT2D eigenvalue weighted by atomic mass is 79.9. The van der Waals surface area contributed by atoms with E-state index in [0.29, 0.717) is 10.0 Å². The van der Waals surface area contributed by atoms with E-state index in [-0.39, 0.29) is 5.75 Å². The first-order valence-electron chi connectivity index (χ1n) is 4.32. The predicted molar refractivity (Wildman–Crippen MR) is 86.4 cm³/mol. The van der Waals surface area contributed by atoms with E-state index >= 15 is 0 Å². The van der Waals surface area contributed by atoms with E-state index in [0.717, 1.165) is 23.7 Å². The number of aromatic nitrogens is 1. The first-order valence-corrected chi connectivity index (χ1v) is 8.29. The second kappa shape index (κ2) is 5.36. The third kappa shape index (κ3) is 2.68. The molecule has 0 fully saturated rings. The standard InChI is InChI=1S/C10H4Br5NO/c11-3-1-4(9(17)5(12)2-3)8-6(13)7(14)10(15)16-8/h1-2,16-17H/i1+1,2+1,3+1,4+1,5+1,9+1. The van der Waals surface area contributed by atoms with Crippen LogP contribution in [0.1, 0.15) is 0 Å². The number of halogens is 5. The summed E-state index contributed by atoms with van der Waals surface area (Å²) < 4.78 is 4.06. The molecule has 7 heteroatoms. The Kier molecular flexibility index (Phi) is 4.45. The monoisotopic (exact) mass is 555 g/mol. The van der Waals surface area contributed by atoms with Crippen molar-refractivity contribution in [3.05, 3.63) is 34.6 Å². The van der Waals surface area contributed by atoms with Gasteiger partial charge in [0, 0.05) is 10.0 Å². The fourth-order valence-corrected chi connectivity index (χ4v) is 4.06. The van der Waals surface area contributed by atoms with Crippen LogP contribution in [0.5, 0.6) is 5.75 Å². The van der Waals surface area contributed by atoms with E-state index < -0.39 is 0 Å². The van der Waals surface area contributed by atoms with Crippen molar-refractivity contribution in [2.24, 2.45) is 0 Å². The molecule has 0 saturated heterocycles. The number of H-pyrrole nitrogens is 1. The number of nitrogens with one attached hydrogen (secondary N) is 1. The smallest absolute Gasteiger partial charge is 0.139 e. The molecule has 0 spiro atoms. The SMILES string of the molecule is O[13c]1[13c](Br)[13cH][13c](Br)[13cH][13c]1-c1[nH]c(Br)c(Br)c1Br. The third-order valence-corrected chi connectivity index (χ3v) is 6.44. The molecule has 2 N–H and O–H groups in total. The van der Waals surface area contributed by atoms with Crippen molar-refractivity contribution in [3.8, 4) is 17.0 Å². The van der Waals surface area contributed by atoms with Gasteiger partial charge in [0.2, 0.25) is 0 Å². The molecule has 2 nitrogen and oxygen atoms in total. The van der Waals surface area contributed by atoms with Gasteiger partial charge in [-0.15, -0.1) is 0 Å². The molecule has 1 aromatic heterocycles. The van der Waals surface area contributed by atoms with Gasteiger partial charge in [0.05, 0.1) is 23.7 Å². The summed E-state index contributed by atoms with van der Waals surface area (Å²) in [5.74, 6) is 0.190. The highest BCUT2D eigenvalue weighted by Gasteiger charge is 2.17. The predicted octanol–water partition coefficient (Wildman–Crippen LogP) is 6.20. The van der Waals surface area contributed by atoms with Gasteiger partial charge in [0.1, 0.15) is 5.75 Å². The van der Waals surface area contributed by atoms with Crippen molar-refractivity contribution in [2.45, 2.75) is 0 Å². The molecular weight excluding hydrogens is 556 g/mol. The van der Waals surface area contributed by atoms with Crippen LogP contribution in [0.2, 0.25) is 0 Å². The molecule has 90 valence electrons. The fourth-order valence-electron chi connectivity index (χ4n) is 1.37. The normalized spacial score (nSPS) is 10.9. The van der Waals surface area contributed by atoms with Crippen molar-refractivity contribution in [3.63, 3.8) is 0 Å². The first kappa shape index (κ1) is 14.1. The van der Waals surface area contributed by atoms with Crippen LogP contribution >= 0.6 is 79.6 Å². The molecule has 0 bridgehead atoms. The van der Waals surface area contributed by atoms with Gasteiger partial charge in [-0.25, -0.2) is 0 Å². The Labute approximate surface area is 140 Å². The fraction of sp³-hybridized carbons (Fsp3) is 0. The summed E-state index contributed by atoms with van der Waals surface area (Å²) >= 11 is 17.0. The molecule has 0 aliphatic rings. The highest BCUT2D eigenvalue weighted by Crippen LogP contribution is 2.44. The van der Waals surface area contributed by atoms with E-state index in [9.17, 15) is 5.11 Å². The summed E-state index contributed by atoms with van der Waals surface area (Å²) in [7, 11) is 0. The molecular formula is C10H4Br5NO. The Morgan fingerprint density at radius 2 is 1.59 bits per heavy atom. The van der Waals surface area contributed by atoms with Crippen LogP contribution in [0.25, 0.3) is 11.3 Å². The minimum Gasteiger partial charge on any atom is -0.506 e. The summed E-state index contributed by atoms with van der Waals surface area (Å²) in [6.45, 7) is 0. The number of phenolic OH excluding ortho intramolecular Hbond substituents is 1. The lowest BCUT2D eigenvalue weighted by molar-refractivity contribution is 0.473. The number of rotatable bonds is 1. The average Bonchev–Trinajstić information content (AvgIpc) is 2.51. The van der Waals surface area contributed by atoms with Gasteiger partial charge < -0.3 is 10.1 Å². The van der Waals surface area contributed by atoms with Gasteiger partial charge >= 0.3 is 0 Å². The largest absolute Gasteiger partial charge is 0.506 e. The maximum Gasteiger partial charge on any atom is 0.139 e. The van der Waals surface area contributed by atoms with Crippen molar-refractivity contribution in [1.82, 2.24) is 4.98 Å². The Balaban J connectivity index is 2.72. The average molecular weight is 560 g/mol. The molecule has 0 radical (unpaired) electrons. The van der Waals surface area contributed by atoms with E-state index in [1.165, 1.54) is 0 Å². The highest BCUT2D eigenvalue weighted by molar-refractivity contribution is 9.14. The molecule has 1 heterocycles. The van der Waals surface area contributed by atoms with Crippen molar-refractivity contribution in [2.75, 3.05) is 0 Å². The molecule has 0 amide bonds. The third-order valence-electron chi connectivity index (χ3n) is 2.14. The van der Waals surface area contributed by atoms with Gasteiger partial charge in [-0.3, -0.25) is 0 Å². The van der Waals surface area contributed by atoms with E-state index in [2.05, 4.69) is 84.6 Å². The Morgan fingerprint density at radius 1 is 0.941 bits per heavy atom. The summed E-state index contributed by atoms with van der Waals surface area (Å²) in [5.41, 5.74) is 1.49. The Morgan fingerprint density at radius 3 is 2.12 bits per heavy atom. The lowest BCUT2D eigenvalue weighted by Crippen LogP contribution is -1.82. The zero-order valence-electron chi connectivity index (χ0n) is 7.99. The number of benzene rings is 1. The molecule has 0 atom stereocenters. The van der Waals surface area contributed by atoms with E-state index in [1.54, 1.807) is 6.07 Å². The molecule has 17 heavy (non-hydrogen) atoms. The molecule has 1 aromatic carbocycles. The minimum absolute atomic E-state index is 0.190. The van der Waals surface area contributed by atoms with Gasteiger partial charge in [-0.1, -0.05) is 15.9 Å². The van der Waals surface area contributed by atoms with Gasteiger partial charge in [-0.05, 0) is 75.9 Å². The van der Waals surface area contributed by atoms with Crippen LogP contribution in [0, 0.1) is 0 Å². The van der Waals surface area contributed by atoms with Crippen molar-refractivity contribution in [1.29, 1.82) is 0 Å². The minimum atomic E-state index is 0.190. The first-order chi connectivity index (χ1) is 7.91. The lowest BCUT2D eigenvalue weighted by atomic mass is 10.5. The number of phenols is 1. The second-order valence-electron chi connectivity index (χ2n) is 3.23. The number of hydrogen-bond acceptors (Lipinski definition) is 1. The molecule has 0 unspecified atom stereocenters. The quantitative estimate of drug-likeness (QED) is 0.429. The molecule has 0 aliphatic heterocycles. The van der Waals surface area contributed by atoms with Crippen LogP contribution in [-0.2, 0) is 0 Å². The molecule has 2 rings (SSSR count). The van der Waals surface area contributed by atoms with Crippen molar-refractivity contribution >= 4 is 79.6 Å². The van der Waals surface area contributed by atoms with Crippen LogP contribution < -0.4 is 0 Å². The molecule has 0 saturated carbocycles. The number of aromatic hydroxyl groups is 1. The summed E-state index contributed by atoms with van der Waals surface area (Å²) in [5, 5.41) is 10.1. The van der Waals surface area contributed by atoms with Crippen LogP contribution in [0.15, 0.2) is 34.6 Å². The maximum atomic E-state index is 10.1. The topological polar surface area (TPSA) is 36.0 Å². The summed E-state index contributed by atoms with van der Waals surface area (Å²) in [6, 6.07) is 3.63. The second-order valence-corrected chi connectivity index (χ2v) is 7.37. The maximum absolute atomic E-state index is 10.1. The van der Waals surface area contributed by atoms with Gasteiger partial charge in [0.25, 0.3) is 0 Å². The van der Waals surface area contributed by atoms with Crippen LogP contribution in [0.3, 0.4) is 0 Å². The van der Waals surface area contributed by atoms with E-state index in [1.807, 2.05) is 6.07 Å². The van der Waals surface area contributed by atoms with E-state index in [4.69, 9.17) is 0 Å². The Bertz CT molecular complexity index is 593.